The zero-order valence-corrected chi connectivity index (χ0v) is 14.1. The lowest BCUT2D eigenvalue weighted by molar-refractivity contribution is 0.0534. The van der Waals surface area contributed by atoms with E-state index < -0.39 is 11.7 Å². The van der Waals surface area contributed by atoms with Crippen molar-refractivity contribution in [1.29, 1.82) is 0 Å². The molecule has 22 heavy (non-hydrogen) atoms. The average molecular weight is 325 g/mol. The fourth-order valence-electron chi connectivity index (χ4n) is 1.89. The fraction of sp³-hybridized carbons (Fsp3) is 0.600. The summed E-state index contributed by atoms with van der Waals surface area (Å²) in [5, 5.41) is 5.71. The number of aromatic nitrogens is 1. The lowest BCUT2D eigenvalue weighted by atomic mass is 10.2. The zero-order chi connectivity index (χ0) is 16.0. The number of carbonyl (C=O) groups is 1. The van der Waals surface area contributed by atoms with Crippen molar-refractivity contribution in [2.45, 2.75) is 26.4 Å². The van der Waals surface area contributed by atoms with E-state index in [0.29, 0.717) is 6.54 Å². The lowest BCUT2D eigenvalue weighted by Crippen LogP contribution is -2.36. The first kappa shape index (κ1) is 16.8. The minimum absolute atomic E-state index is 0.413. The van der Waals surface area contributed by atoms with Gasteiger partial charge in [0.1, 0.15) is 5.60 Å². The van der Waals surface area contributed by atoms with Gasteiger partial charge in [-0.25, -0.2) is 9.78 Å². The minimum atomic E-state index is -0.476. The van der Waals surface area contributed by atoms with E-state index in [2.05, 4.69) is 15.2 Å². The van der Waals surface area contributed by atoms with Gasteiger partial charge in [-0.1, -0.05) is 6.08 Å². The van der Waals surface area contributed by atoms with Crippen molar-refractivity contribution >= 4 is 28.6 Å². The van der Waals surface area contributed by atoms with Gasteiger partial charge in [0.25, 0.3) is 0 Å². The molecular weight excluding hydrogens is 302 g/mol. The van der Waals surface area contributed by atoms with E-state index >= 15 is 0 Å². The first-order valence-electron chi connectivity index (χ1n) is 7.36. The standard InChI is InChI=1S/C15H23N3O3S/c1-15(2,3)21-14(19)16-6-4-5-12-11-22-13(17-12)18-7-9-20-10-8-18/h4-5,11H,6-10H2,1-3H3,(H,16,19). The van der Waals surface area contributed by atoms with Crippen LogP contribution in [0.3, 0.4) is 0 Å². The summed E-state index contributed by atoms with van der Waals surface area (Å²) in [6.45, 7) is 9.21. The van der Waals surface area contributed by atoms with Gasteiger partial charge in [0.15, 0.2) is 5.13 Å². The number of thiazole rings is 1. The Morgan fingerprint density at radius 3 is 2.91 bits per heavy atom. The second kappa shape index (κ2) is 7.60. The van der Waals surface area contributed by atoms with Crippen LogP contribution < -0.4 is 10.2 Å². The zero-order valence-electron chi connectivity index (χ0n) is 13.3. The number of hydrogen-bond donors (Lipinski definition) is 1. The number of alkyl carbamates (subject to hydrolysis) is 1. The SMILES string of the molecule is CC(C)(C)OC(=O)NCC=Cc1csc(N2CCOCC2)n1. The van der Waals surface area contributed by atoms with Crippen molar-refractivity contribution in [2.75, 3.05) is 37.7 Å². The Morgan fingerprint density at radius 2 is 2.23 bits per heavy atom. The molecule has 1 aromatic rings. The topological polar surface area (TPSA) is 63.7 Å². The number of anilines is 1. The van der Waals surface area contributed by atoms with Crippen molar-refractivity contribution in [3.63, 3.8) is 0 Å². The van der Waals surface area contributed by atoms with Gasteiger partial charge in [-0.15, -0.1) is 11.3 Å². The molecule has 1 N–H and O–H groups in total. The molecule has 7 heteroatoms. The highest BCUT2D eigenvalue weighted by Crippen LogP contribution is 2.21. The van der Waals surface area contributed by atoms with E-state index in [1.54, 1.807) is 11.3 Å². The van der Waals surface area contributed by atoms with Crippen molar-refractivity contribution < 1.29 is 14.3 Å². The number of hydrogen-bond acceptors (Lipinski definition) is 6. The summed E-state index contributed by atoms with van der Waals surface area (Å²) in [5.74, 6) is 0. The van der Waals surface area contributed by atoms with Crippen LogP contribution >= 0.6 is 11.3 Å². The van der Waals surface area contributed by atoms with E-state index in [9.17, 15) is 4.79 Å². The second-order valence-corrected chi connectivity index (χ2v) is 6.78. The molecule has 0 aromatic carbocycles. The second-order valence-electron chi connectivity index (χ2n) is 5.94. The Hall–Kier alpha value is -1.60. The van der Waals surface area contributed by atoms with Crippen LogP contribution in [0.25, 0.3) is 6.08 Å². The van der Waals surface area contributed by atoms with Crippen molar-refractivity contribution in [1.82, 2.24) is 10.3 Å². The summed E-state index contributed by atoms with van der Waals surface area (Å²) in [6, 6.07) is 0. The number of morpholine rings is 1. The van der Waals surface area contributed by atoms with Crippen LogP contribution in [0.2, 0.25) is 0 Å². The molecule has 0 aliphatic carbocycles. The molecule has 2 heterocycles. The van der Waals surface area contributed by atoms with Crippen molar-refractivity contribution in [2.24, 2.45) is 0 Å². The molecule has 1 aliphatic heterocycles. The summed E-state index contributed by atoms with van der Waals surface area (Å²) in [7, 11) is 0. The highest BCUT2D eigenvalue weighted by atomic mass is 32.1. The van der Waals surface area contributed by atoms with Crippen molar-refractivity contribution in [3.8, 4) is 0 Å². The number of nitrogens with zero attached hydrogens (tertiary/aromatic N) is 2. The molecular formula is C15H23N3O3S. The Bertz CT molecular complexity index is 516. The summed E-state index contributed by atoms with van der Waals surface area (Å²) in [6.07, 6.45) is 3.35. The molecule has 2 rings (SSSR count). The third-order valence-corrected chi connectivity index (χ3v) is 3.76. The van der Waals surface area contributed by atoms with Crippen LogP contribution in [0, 0.1) is 0 Å². The Morgan fingerprint density at radius 1 is 1.50 bits per heavy atom. The van der Waals surface area contributed by atoms with E-state index in [4.69, 9.17) is 9.47 Å². The number of amides is 1. The molecule has 1 aliphatic rings. The minimum Gasteiger partial charge on any atom is -0.444 e. The fourth-order valence-corrected chi connectivity index (χ4v) is 2.74. The normalized spacial score (nSPS) is 16.0. The highest BCUT2D eigenvalue weighted by molar-refractivity contribution is 7.13. The Labute approximate surface area is 135 Å². The first-order valence-corrected chi connectivity index (χ1v) is 8.23. The molecule has 0 unspecified atom stereocenters. The molecule has 1 fully saturated rings. The van der Waals surface area contributed by atoms with Gasteiger partial charge in [0, 0.05) is 25.0 Å². The molecule has 0 atom stereocenters. The van der Waals surface area contributed by atoms with Crippen LogP contribution in [0.4, 0.5) is 9.93 Å². The van der Waals surface area contributed by atoms with Crippen LogP contribution in [-0.4, -0.2) is 49.5 Å². The predicted octanol–water partition coefficient (Wildman–Crippen LogP) is 2.52. The highest BCUT2D eigenvalue weighted by Gasteiger charge is 2.15. The Kier molecular flexibility index (Phi) is 5.79. The Balaban J connectivity index is 1.76. The number of ether oxygens (including phenoxy) is 2. The smallest absolute Gasteiger partial charge is 0.407 e. The largest absolute Gasteiger partial charge is 0.444 e. The molecule has 0 radical (unpaired) electrons. The quantitative estimate of drug-likeness (QED) is 0.921. The van der Waals surface area contributed by atoms with Gasteiger partial charge in [-0.05, 0) is 26.8 Å². The molecule has 0 saturated carbocycles. The van der Waals surface area contributed by atoms with Crippen molar-refractivity contribution in [3.05, 3.63) is 17.2 Å². The summed E-state index contributed by atoms with van der Waals surface area (Å²) < 4.78 is 10.5. The maximum absolute atomic E-state index is 11.5. The molecule has 1 amide bonds. The molecule has 1 saturated heterocycles. The summed E-state index contributed by atoms with van der Waals surface area (Å²) in [5.41, 5.74) is 0.424. The van der Waals surface area contributed by atoms with Gasteiger partial charge in [0.05, 0.1) is 18.9 Å². The molecule has 122 valence electrons. The van der Waals surface area contributed by atoms with E-state index in [1.165, 1.54) is 0 Å². The van der Waals surface area contributed by atoms with Crippen LogP contribution in [0.5, 0.6) is 0 Å². The molecule has 1 aromatic heterocycles. The average Bonchev–Trinajstić information content (AvgIpc) is 2.91. The number of nitrogens with one attached hydrogen (secondary N) is 1. The van der Waals surface area contributed by atoms with Crippen LogP contribution in [-0.2, 0) is 9.47 Å². The molecule has 0 bridgehead atoms. The monoisotopic (exact) mass is 325 g/mol. The molecule has 6 nitrogen and oxygen atoms in total. The number of rotatable bonds is 4. The van der Waals surface area contributed by atoms with Gasteiger partial charge in [-0.2, -0.15) is 0 Å². The summed E-state index contributed by atoms with van der Waals surface area (Å²) >= 11 is 1.62. The first-order chi connectivity index (χ1) is 10.4. The van der Waals surface area contributed by atoms with Crippen LogP contribution in [0.1, 0.15) is 26.5 Å². The number of carbonyl (C=O) groups excluding carboxylic acids is 1. The third kappa shape index (κ3) is 5.65. The predicted molar refractivity (Wildman–Crippen MR) is 88.4 cm³/mol. The van der Waals surface area contributed by atoms with Gasteiger partial charge in [0.2, 0.25) is 0 Å². The maximum Gasteiger partial charge on any atom is 0.407 e. The van der Waals surface area contributed by atoms with E-state index in [-0.39, 0.29) is 0 Å². The molecule has 0 spiro atoms. The van der Waals surface area contributed by atoms with E-state index in [1.807, 2.05) is 38.3 Å². The van der Waals surface area contributed by atoms with E-state index in [0.717, 1.165) is 37.1 Å². The van der Waals surface area contributed by atoms with Gasteiger partial charge < -0.3 is 19.7 Å². The van der Waals surface area contributed by atoms with Crippen LogP contribution in [0.15, 0.2) is 11.5 Å². The summed E-state index contributed by atoms with van der Waals surface area (Å²) in [4.78, 5) is 18.3. The lowest BCUT2D eigenvalue weighted by Gasteiger charge is -2.25. The maximum atomic E-state index is 11.5. The third-order valence-electron chi connectivity index (χ3n) is 2.84. The van der Waals surface area contributed by atoms with Gasteiger partial charge >= 0.3 is 6.09 Å². The van der Waals surface area contributed by atoms with Gasteiger partial charge in [-0.3, -0.25) is 0 Å².